The van der Waals surface area contributed by atoms with Gasteiger partial charge in [-0.05, 0) is 23.6 Å². The minimum Gasteiger partial charge on any atom is -0.350 e. The minimum absolute atomic E-state index is 0.169. The maximum absolute atomic E-state index is 11.8. The van der Waals surface area contributed by atoms with Gasteiger partial charge in [0.2, 0.25) is 5.91 Å². The van der Waals surface area contributed by atoms with E-state index in [1.807, 2.05) is 29.6 Å². The summed E-state index contributed by atoms with van der Waals surface area (Å²) in [6.45, 7) is 0.468. The molecule has 0 saturated carbocycles. The smallest absolute Gasteiger partial charge is 0.242 e. The van der Waals surface area contributed by atoms with E-state index in [1.54, 1.807) is 0 Å². The van der Waals surface area contributed by atoms with Crippen molar-refractivity contribution in [3.63, 3.8) is 0 Å². The molecule has 3 nitrogen and oxygen atoms in total. The summed E-state index contributed by atoms with van der Waals surface area (Å²) in [7, 11) is 0. The number of hydrogen-bond acceptors (Lipinski definition) is 4. The van der Waals surface area contributed by atoms with Crippen LogP contribution >= 0.6 is 34.3 Å². The van der Waals surface area contributed by atoms with E-state index in [4.69, 9.17) is 17.3 Å². The van der Waals surface area contributed by atoms with Crippen LogP contribution in [0.1, 0.15) is 15.8 Å². The Morgan fingerprint density at radius 1 is 1.47 bits per heavy atom. The fourth-order valence-corrected chi connectivity index (χ4v) is 3.08. The summed E-state index contributed by atoms with van der Waals surface area (Å²) in [6, 6.07) is 6.85. The number of thiophene rings is 2. The highest BCUT2D eigenvalue weighted by atomic mass is 35.5. The van der Waals surface area contributed by atoms with Gasteiger partial charge in [-0.1, -0.05) is 17.7 Å². The Bertz CT molecular complexity index is 495. The van der Waals surface area contributed by atoms with Crippen molar-refractivity contribution in [2.24, 2.45) is 5.73 Å². The molecule has 0 aliphatic carbocycles. The summed E-state index contributed by atoms with van der Waals surface area (Å²) < 4.78 is 0.719. The molecule has 1 atom stereocenters. The largest absolute Gasteiger partial charge is 0.350 e. The van der Waals surface area contributed by atoms with Gasteiger partial charge in [0.05, 0.1) is 10.9 Å². The van der Waals surface area contributed by atoms with Crippen LogP contribution in [0.5, 0.6) is 0 Å². The molecule has 1 unspecified atom stereocenters. The first-order valence-corrected chi connectivity index (χ1v) is 7.05. The van der Waals surface area contributed by atoms with Crippen LogP contribution in [0.15, 0.2) is 29.6 Å². The zero-order chi connectivity index (χ0) is 12.3. The quantitative estimate of drug-likeness (QED) is 0.908. The Balaban J connectivity index is 1.89. The van der Waals surface area contributed by atoms with Crippen molar-refractivity contribution in [2.45, 2.75) is 12.6 Å². The van der Waals surface area contributed by atoms with Crippen LogP contribution in [0.4, 0.5) is 0 Å². The highest BCUT2D eigenvalue weighted by molar-refractivity contribution is 7.16. The molecule has 2 aromatic rings. The van der Waals surface area contributed by atoms with Crippen LogP contribution in [0.3, 0.4) is 0 Å². The molecule has 0 saturated heterocycles. The van der Waals surface area contributed by atoms with Gasteiger partial charge >= 0.3 is 0 Å². The average Bonchev–Trinajstić information content (AvgIpc) is 2.95. The zero-order valence-electron chi connectivity index (χ0n) is 8.85. The first-order valence-electron chi connectivity index (χ1n) is 4.97. The number of hydrogen-bond donors (Lipinski definition) is 2. The van der Waals surface area contributed by atoms with E-state index in [0.717, 1.165) is 14.1 Å². The highest BCUT2D eigenvalue weighted by Crippen LogP contribution is 2.21. The van der Waals surface area contributed by atoms with Crippen molar-refractivity contribution in [1.29, 1.82) is 0 Å². The van der Waals surface area contributed by atoms with Crippen LogP contribution in [0.2, 0.25) is 4.34 Å². The number of halogens is 1. The molecule has 2 aromatic heterocycles. The van der Waals surface area contributed by atoms with Crippen molar-refractivity contribution in [1.82, 2.24) is 5.32 Å². The molecular formula is C11H11ClN2OS2. The van der Waals surface area contributed by atoms with Gasteiger partial charge in [0, 0.05) is 9.75 Å². The minimum atomic E-state index is -0.592. The predicted molar refractivity (Wildman–Crippen MR) is 72.4 cm³/mol. The zero-order valence-corrected chi connectivity index (χ0v) is 11.2. The molecule has 6 heteroatoms. The van der Waals surface area contributed by atoms with Crippen molar-refractivity contribution in [2.75, 3.05) is 0 Å². The van der Waals surface area contributed by atoms with E-state index in [1.165, 1.54) is 22.7 Å². The van der Waals surface area contributed by atoms with Crippen molar-refractivity contribution in [3.8, 4) is 0 Å². The number of nitrogens with one attached hydrogen (secondary N) is 1. The lowest BCUT2D eigenvalue weighted by molar-refractivity contribution is -0.122. The third kappa shape index (κ3) is 3.29. The summed E-state index contributed by atoms with van der Waals surface area (Å²) in [5.74, 6) is -0.169. The standard InChI is InChI=1S/C11H11ClN2OS2/c12-9-4-3-7(17-9)6-14-11(15)10(13)8-2-1-5-16-8/h1-5,10H,6,13H2,(H,14,15). The SMILES string of the molecule is NC(C(=O)NCc1ccc(Cl)s1)c1cccs1. The Morgan fingerprint density at radius 2 is 2.29 bits per heavy atom. The number of nitrogens with two attached hydrogens (primary N) is 1. The van der Waals surface area contributed by atoms with Crippen LogP contribution in [-0.4, -0.2) is 5.91 Å². The topological polar surface area (TPSA) is 55.1 Å². The van der Waals surface area contributed by atoms with Crippen molar-refractivity contribution >= 4 is 40.2 Å². The molecule has 0 fully saturated rings. The second kappa shape index (κ2) is 5.64. The number of carbonyl (C=O) groups excluding carboxylic acids is 1. The molecule has 17 heavy (non-hydrogen) atoms. The highest BCUT2D eigenvalue weighted by Gasteiger charge is 2.16. The lowest BCUT2D eigenvalue weighted by Gasteiger charge is -2.09. The van der Waals surface area contributed by atoms with E-state index >= 15 is 0 Å². The molecule has 2 heterocycles. The molecule has 2 rings (SSSR count). The van der Waals surface area contributed by atoms with E-state index in [9.17, 15) is 4.79 Å². The predicted octanol–water partition coefficient (Wildman–Crippen LogP) is 2.78. The third-order valence-corrected chi connectivity index (χ3v) is 4.38. The van der Waals surface area contributed by atoms with Gasteiger partial charge in [-0.15, -0.1) is 22.7 Å². The number of rotatable bonds is 4. The van der Waals surface area contributed by atoms with Crippen LogP contribution in [0, 0.1) is 0 Å². The molecule has 0 aliphatic heterocycles. The number of carbonyl (C=O) groups is 1. The Labute approximate surface area is 112 Å². The van der Waals surface area contributed by atoms with E-state index in [-0.39, 0.29) is 5.91 Å². The second-order valence-corrected chi connectivity index (χ2v) is 6.20. The summed E-state index contributed by atoms with van der Waals surface area (Å²) in [5, 5.41) is 4.70. The van der Waals surface area contributed by atoms with Gasteiger partial charge in [0.25, 0.3) is 0 Å². The van der Waals surface area contributed by atoms with Gasteiger partial charge in [-0.2, -0.15) is 0 Å². The summed E-state index contributed by atoms with van der Waals surface area (Å²) >= 11 is 8.73. The van der Waals surface area contributed by atoms with Gasteiger partial charge in [0.15, 0.2) is 0 Å². The van der Waals surface area contributed by atoms with Gasteiger partial charge in [-0.25, -0.2) is 0 Å². The first kappa shape index (κ1) is 12.6. The van der Waals surface area contributed by atoms with Crippen LogP contribution in [-0.2, 0) is 11.3 Å². The number of amides is 1. The van der Waals surface area contributed by atoms with E-state index < -0.39 is 6.04 Å². The summed E-state index contributed by atoms with van der Waals surface area (Å²) in [6.07, 6.45) is 0. The molecule has 90 valence electrons. The maximum atomic E-state index is 11.8. The van der Waals surface area contributed by atoms with Crippen molar-refractivity contribution in [3.05, 3.63) is 43.7 Å². The van der Waals surface area contributed by atoms with Gasteiger partial charge in [-0.3, -0.25) is 4.79 Å². The molecule has 0 bridgehead atoms. The van der Waals surface area contributed by atoms with E-state index in [0.29, 0.717) is 6.54 Å². The Hall–Kier alpha value is -0.880. The van der Waals surface area contributed by atoms with Crippen LogP contribution in [0.25, 0.3) is 0 Å². The van der Waals surface area contributed by atoms with Crippen molar-refractivity contribution < 1.29 is 4.79 Å². The fraction of sp³-hybridized carbons (Fsp3) is 0.182. The Morgan fingerprint density at radius 3 is 2.88 bits per heavy atom. The first-order chi connectivity index (χ1) is 8.16. The second-order valence-electron chi connectivity index (χ2n) is 3.42. The van der Waals surface area contributed by atoms with Crippen LogP contribution < -0.4 is 11.1 Å². The summed E-state index contributed by atoms with van der Waals surface area (Å²) in [5.41, 5.74) is 5.83. The molecule has 0 spiro atoms. The molecule has 1 amide bonds. The monoisotopic (exact) mass is 286 g/mol. The molecule has 3 N–H and O–H groups in total. The molecule has 0 radical (unpaired) electrons. The summed E-state index contributed by atoms with van der Waals surface area (Å²) in [4.78, 5) is 13.6. The molecular weight excluding hydrogens is 276 g/mol. The molecule has 0 aliphatic rings. The van der Waals surface area contributed by atoms with Gasteiger partial charge < -0.3 is 11.1 Å². The Kier molecular flexibility index (Phi) is 4.17. The fourth-order valence-electron chi connectivity index (χ4n) is 1.33. The van der Waals surface area contributed by atoms with Gasteiger partial charge in [0.1, 0.15) is 6.04 Å². The lowest BCUT2D eigenvalue weighted by atomic mass is 10.2. The van der Waals surface area contributed by atoms with E-state index in [2.05, 4.69) is 5.32 Å². The molecule has 0 aromatic carbocycles. The third-order valence-electron chi connectivity index (χ3n) is 2.20. The average molecular weight is 287 g/mol. The maximum Gasteiger partial charge on any atom is 0.242 e. The lowest BCUT2D eigenvalue weighted by Crippen LogP contribution is -2.32. The normalized spacial score (nSPS) is 12.4.